The Kier molecular flexibility index (Phi) is 5.79. The summed E-state index contributed by atoms with van der Waals surface area (Å²) < 4.78 is 50.1. The molecule has 28 heavy (non-hydrogen) atoms. The number of ether oxygens (including phenoxy) is 2. The number of carbonyl (C=O) groups is 1. The molecular weight excluding hydrogens is 373 g/mol. The van der Waals surface area contributed by atoms with Gasteiger partial charge in [-0.05, 0) is 42.8 Å². The van der Waals surface area contributed by atoms with Gasteiger partial charge >= 0.3 is 6.18 Å². The van der Waals surface area contributed by atoms with Crippen LogP contribution < -0.4 is 15.0 Å². The van der Waals surface area contributed by atoms with E-state index in [1.54, 1.807) is 18.2 Å². The van der Waals surface area contributed by atoms with E-state index in [1.165, 1.54) is 13.2 Å². The molecule has 1 saturated heterocycles. The molecule has 0 saturated carbocycles. The number of amides is 1. The number of hydrogen-bond acceptors (Lipinski definition) is 4. The first-order valence-corrected chi connectivity index (χ1v) is 8.79. The summed E-state index contributed by atoms with van der Waals surface area (Å²) in [4.78, 5) is 14.6. The van der Waals surface area contributed by atoms with Crippen molar-refractivity contribution in [3.05, 3.63) is 53.1 Å². The van der Waals surface area contributed by atoms with Crippen LogP contribution in [0.4, 0.5) is 24.5 Å². The third-order valence-electron chi connectivity index (χ3n) is 4.59. The van der Waals surface area contributed by atoms with Crippen LogP contribution in [-0.4, -0.2) is 39.3 Å². The van der Waals surface area contributed by atoms with Gasteiger partial charge in [0.15, 0.2) is 0 Å². The number of methoxy groups -OCH3 is 1. The van der Waals surface area contributed by atoms with E-state index in [-0.39, 0.29) is 5.69 Å². The number of carbonyl (C=O) groups excluding carboxylic acids is 1. The Bertz CT molecular complexity index is 862. The quantitative estimate of drug-likeness (QED) is 0.848. The predicted molar refractivity (Wildman–Crippen MR) is 100 cm³/mol. The van der Waals surface area contributed by atoms with Crippen molar-refractivity contribution in [3.63, 3.8) is 0 Å². The Balaban J connectivity index is 1.94. The summed E-state index contributed by atoms with van der Waals surface area (Å²) in [6.07, 6.45) is -4.50. The van der Waals surface area contributed by atoms with Crippen LogP contribution in [0.15, 0.2) is 36.4 Å². The van der Waals surface area contributed by atoms with Crippen molar-refractivity contribution < 1.29 is 27.4 Å². The van der Waals surface area contributed by atoms with Gasteiger partial charge in [-0.25, -0.2) is 0 Å². The highest BCUT2D eigenvalue weighted by atomic mass is 19.4. The summed E-state index contributed by atoms with van der Waals surface area (Å²) in [5.41, 5.74) is 0.978. The highest BCUT2D eigenvalue weighted by molar-refractivity contribution is 6.06. The molecule has 0 atom stereocenters. The average molecular weight is 394 g/mol. The molecule has 0 bridgehead atoms. The maximum Gasteiger partial charge on any atom is 0.416 e. The minimum absolute atomic E-state index is 0.112. The van der Waals surface area contributed by atoms with Crippen molar-refractivity contribution in [1.82, 2.24) is 0 Å². The minimum Gasteiger partial charge on any atom is -0.496 e. The molecule has 1 aliphatic heterocycles. The number of halogens is 3. The Labute approximate surface area is 161 Å². The van der Waals surface area contributed by atoms with E-state index in [9.17, 15) is 18.0 Å². The summed E-state index contributed by atoms with van der Waals surface area (Å²) >= 11 is 0. The fourth-order valence-corrected chi connectivity index (χ4v) is 3.05. The number of alkyl halides is 3. The summed E-state index contributed by atoms with van der Waals surface area (Å²) in [6.45, 7) is 3.86. The van der Waals surface area contributed by atoms with E-state index in [2.05, 4.69) is 5.32 Å². The third-order valence-corrected chi connectivity index (χ3v) is 4.59. The number of nitrogens with zero attached hydrogens (tertiary/aromatic N) is 1. The second-order valence-corrected chi connectivity index (χ2v) is 6.47. The lowest BCUT2D eigenvalue weighted by Crippen LogP contribution is -2.36. The van der Waals surface area contributed by atoms with Crippen molar-refractivity contribution in [3.8, 4) is 5.75 Å². The van der Waals surface area contributed by atoms with Crippen LogP contribution in [0.25, 0.3) is 0 Å². The van der Waals surface area contributed by atoms with Crippen LogP contribution in [0.1, 0.15) is 21.5 Å². The van der Waals surface area contributed by atoms with Gasteiger partial charge in [0.1, 0.15) is 5.75 Å². The lowest BCUT2D eigenvalue weighted by atomic mass is 10.1. The molecule has 8 heteroatoms. The van der Waals surface area contributed by atoms with Gasteiger partial charge in [-0.1, -0.05) is 6.07 Å². The molecule has 0 unspecified atom stereocenters. The molecule has 2 aromatic carbocycles. The van der Waals surface area contributed by atoms with Gasteiger partial charge in [0, 0.05) is 18.7 Å². The molecule has 0 spiro atoms. The molecule has 1 N–H and O–H groups in total. The standard InChI is InChI=1S/C20H21F3N2O3/c1-13-3-4-14(11-18(13)27-2)19(26)24-16-12-15(20(21,22)23)5-6-17(16)25-7-9-28-10-8-25/h3-6,11-12H,7-10H2,1-2H3,(H,24,26). The number of rotatable bonds is 4. The van der Waals surface area contributed by atoms with Gasteiger partial charge in [0.25, 0.3) is 5.91 Å². The maximum atomic E-state index is 13.2. The third kappa shape index (κ3) is 4.39. The zero-order chi connectivity index (χ0) is 20.3. The fraction of sp³-hybridized carbons (Fsp3) is 0.350. The predicted octanol–water partition coefficient (Wildman–Crippen LogP) is 4.11. The first kappa shape index (κ1) is 20.0. The van der Waals surface area contributed by atoms with Crippen LogP contribution in [0.3, 0.4) is 0 Å². The Morgan fingerprint density at radius 3 is 2.50 bits per heavy atom. The summed E-state index contributed by atoms with van der Waals surface area (Å²) in [5, 5.41) is 2.63. The van der Waals surface area contributed by atoms with Gasteiger partial charge in [0.2, 0.25) is 0 Å². The number of benzene rings is 2. The van der Waals surface area contributed by atoms with Crippen molar-refractivity contribution in [2.24, 2.45) is 0 Å². The number of anilines is 2. The minimum atomic E-state index is -4.50. The maximum absolute atomic E-state index is 13.2. The molecule has 1 amide bonds. The first-order valence-electron chi connectivity index (χ1n) is 8.79. The monoisotopic (exact) mass is 394 g/mol. The molecular formula is C20H21F3N2O3. The summed E-state index contributed by atoms with van der Waals surface area (Å²) in [5.74, 6) is 0.0252. The van der Waals surface area contributed by atoms with E-state index in [0.717, 1.165) is 17.7 Å². The van der Waals surface area contributed by atoms with E-state index >= 15 is 0 Å². The van der Waals surface area contributed by atoms with E-state index < -0.39 is 17.6 Å². The Hall–Kier alpha value is -2.74. The summed E-state index contributed by atoms with van der Waals surface area (Å²) in [6, 6.07) is 8.27. The smallest absolute Gasteiger partial charge is 0.416 e. The van der Waals surface area contributed by atoms with Gasteiger partial charge < -0.3 is 19.7 Å². The molecule has 5 nitrogen and oxygen atoms in total. The zero-order valence-corrected chi connectivity index (χ0v) is 15.6. The normalized spacial score (nSPS) is 14.7. The highest BCUT2D eigenvalue weighted by Gasteiger charge is 2.32. The Morgan fingerprint density at radius 1 is 1.14 bits per heavy atom. The van der Waals surface area contributed by atoms with Gasteiger partial charge in [-0.15, -0.1) is 0 Å². The van der Waals surface area contributed by atoms with Crippen LogP contribution in [-0.2, 0) is 10.9 Å². The van der Waals surface area contributed by atoms with Crippen LogP contribution >= 0.6 is 0 Å². The van der Waals surface area contributed by atoms with Gasteiger partial charge in [0.05, 0.1) is 37.3 Å². The van der Waals surface area contributed by atoms with Crippen molar-refractivity contribution in [2.45, 2.75) is 13.1 Å². The SMILES string of the molecule is COc1cc(C(=O)Nc2cc(C(F)(F)F)ccc2N2CCOCC2)ccc1C. The number of hydrogen-bond donors (Lipinski definition) is 1. The largest absolute Gasteiger partial charge is 0.496 e. The first-order chi connectivity index (χ1) is 13.3. The second-order valence-electron chi connectivity index (χ2n) is 6.47. The van der Waals surface area contributed by atoms with Crippen LogP contribution in [0.2, 0.25) is 0 Å². The van der Waals surface area contributed by atoms with Crippen molar-refractivity contribution in [2.75, 3.05) is 43.6 Å². The number of aryl methyl sites for hydroxylation is 1. The topological polar surface area (TPSA) is 50.8 Å². The van der Waals surface area contributed by atoms with E-state index in [1.807, 2.05) is 11.8 Å². The molecule has 1 aliphatic rings. The summed E-state index contributed by atoms with van der Waals surface area (Å²) in [7, 11) is 1.49. The van der Waals surface area contributed by atoms with E-state index in [0.29, 0.717) is 43.3 Å². The van der Waals surface area contributed by atoms with Crippen molar-refractivity contribution >= 4 is 17.3 Å². The molecule has 150 valence electrons. The van der Waals surface area contributed by atoms with Gasteiger partial charge in [-0.3, -0.25) is 4.79 Å². The Morgan fingerprint density at radius 2 is 1.86 bits per heavy atom. The molecule has 0 aliphatic carbocycles. The van der Waals surface area contributed by atoms with Gasteiger partial charge in [-0.2, -0.15) is 13.2 Å². The average Bonchev–Trinajstić information content (AvgIpc) is 2.68. The second kappa shape index (κ2) is 8.10. The van der Waals surface area contributed by atoms with Crippen molar-refractivity contribution in [1.29, 1.82) is 0 Å². The molecule has 1 heterocycles. The van der Waals surface area contributed by atoms with E-state index in [4.69, 9.17) is 9.47 Å². The fourth-order valence-electron chi connectivity index (χ4n) is 3.05. The molecule has 2 aromatic rings. The number of nitrogens with one attached hydrogen (secondary N) is 1. The molecule has 0 radical (unpaired) electrons. The molecule has 0 aromatic heterocycles. The van der Waals surface area contributed by atoms with Crippen LogP contribution in [0, 0.1) is 6.92 Å². The number of morpholine rings is 1. The van der Waals surface area contributed by atoms with Crippen LogP contribution in [0.5, 0.6) is 5.75 Å². The zero-order valence-electron chi connectivity index (χ0n) is 15.6. The molecule has 1 fully saturated rings. The lowest BCUT2D eigenvalue weighted by molar-refractivity contribution is -0.137. The molecule has 3 rings (SSSR count). The highest BCUT2D eigenvalue weighted by Crippen LogP contribution is 2.36. The lowest BCUT2D eigenvalue weighted by Gasteiger charge is -2.31.